The summed E-state index contributed by atoms with van der Waals surface area (Å²) >= 11 is 0. The molecule has 0 aliphatic heterocycles. The molecule has 0 radical (unpaired) electrons. The summed E-state index contributed by atoms with van der Waals surface area (Å²) in [7, 11) is -0.726. The van der Waals surface area contributed by atoms with E-state index in [1.807, 2.05) is 39.0 Å². The van der Waals surface area contributed by atoms with Crippen molar-refractivity contribution in [2.75, 3.05) is 20.7 Å². The van der Waals surface area contributed by atoms with Crippen molar-refractivity contribution in [3.05, 3.63) is 59.2 Å². The summed E-state index contributed by atoms with van der Waals surface area (Å²) in [6.45, 7) is 5.75. The molecule has 0 saturated carbocycles. The third kappa shape index (κ3) is 5.80. The van der Waals surface area contributed by atoms with E-state index in [0.29, 0.717) is 5.75 Å². The molecule has 162 valence electrons. The van der Waals surface area contributed by atoms with Gasteiger partial charge in [-0.25, -0.2) is 12.7 Å². The van der Waals surface area contributed by atoms with Gasteiger partial charge in [0, 0.05) is 19.7 Å². The third-order valence-electron chi connectivity index (χ3n) is 4.36. The molecule has 0 spiro atoms. The topological polar surface area (TPSA) is 105 Å². The van der Waals surface area contributed by atoms with Crippen molar-refractivity contribution >= 4 is 21.8 Å². The van der Waals surface area contributed by atoms with Crippen LogP contribution in [0.25, 0.3) is 0 Å². The highest BCUT2D eigenvalue weighted by molar-refractivity contribution is 7.89. The van der Waals surface area contributed by atoms with Crippen molar-refractivity contribution in [3.63, 3.8) is 0 Å². The molecule has 2 rings (SSSR count). The van der Waals surface area contributed by atoms with E-state index >= 15 is 0 Å². The lowest BCUT2D eigenvalue weighted by molar-refractivity contribution is -0.123. The Kier molecular flexibility index (Phi) is 7.58. The monoisotopic (exact) mass is 433 g/mol. The fraction of sp³-hybridized carbons (Fsp3) is 0.333. The minimum Gasteiger partial charge on any atom is -0.483 e. The average molecular weight is 434 g/mol. The Morgan fingerprint density at radius 2 is 1.67 bits per heavy atom. The van der Waals surface area contributed by atoms with Gasteiger partial charge in [-0.2, -0.15) is 0 Å². The minimum atomic E-state index is -3.58. The molecule has 0 bridgehead atoms. The molecule has 2 aromatic rings. The Hall–Kier alpha value is -2.91. The van der Waals surface area contributed by atoms with Gasteiger partial charge >= 0.3 is 0 Å². The summed E-state index contributed by atoms with van der Waals surface area (Å²) in [4.78, 5) is 24.3. The number of hydrogen-bond donors (Lipinski definition) is 2. The van der Waals surface area contributed by atoms with Crippen LogP contribution in [-0.4, -0.2) is 45.2 Å². The largest absolute Gasteiger partial charge is 0.483 e. The maximum atomic E-state index is 12.2. The summed E-state index contributed by atoms with van der Waals surface area (Å²) in [5, 5.41) is 0. The fourth-order valence-corrected chi connectivity index (χ4v) is 3.51. The van der Waals surface area contributed by atoms with Gasteiger partial charge in [0.2, 0.25) is 10.0 Å². The molecular formula is C21H27N3O5S. The summed E-state index contributed by atoms with van der Waals surface area (Å²) in [5.41, 5.74) is 6.78. The van der Waals surface area contributed by atoms with E-state index in [4.69, 9.17) is 4.74 Å². The van der Waals surface area contributed by atoms with E-state index in [2.05, 4.69) is 10.9 Å². The first-order valence-corrected chi connectivity index (χ1v) is 10.8. The lowest BCUT2D eigenvalue weighted by Crippen LogP contribution is -2.43. The summed E-state index contributed by atoms with van der Waals surface area (Å²) in [6.07, 6.45) is 0. The van der Waals surface area contributed by atoms with E-state index in [9.17, 15) is 18.0 Å². The molecule has 0 fully saturated rings. The second-order valence-corrected chi connectivity index (χ2v) is 9.45. The van der Waals surface area contributed by atoms with Crippen molar-refractivity contribution in [3.8, 4) is 5.75 Å². The lowest BCUT2D eigenvalue weighted by atomic mass is 10.0. The number of carbonyl (C=O) groups excluding carboxylic acids is 2. The Labute approximate surface area is 177 Å². The Balaban J connectivity index is 1.92. The number of rotatable bonds is 7. The van der Waals surface area contributed by atoms with Crippen LogP contribution in [0.1, 0.15) is 41.3 Å². The molecule has 8 nitrogen and oxygen atoms in total. The van der Waals surface area contributed by atoms with Gasteiger partial charge in [-0.3, -0.25) is 20.4 Å². The van der Waals surface area contributed by atoms with Crippen molar-refractivity contribution in [1.29, 1.82) is 0 Å². The number of amides is 2. The SMILES string of the molecule is Cc1ccc(C(C)C)c(OCC(=O)NNC(=O)c2ccc(S(=O)(=O)N(C)C)cc2)c1. The number of ether oxygens (including phenoxy) is 1. The molecule has 30 heavy (non-hydrogen) atoms. The molecule has 0 aliphatic rings. The quantitative estimate of drug-likeness (QED) is 0.652. The lowest BCUT2D eigenvalue weighted by Gasteiger charge is -2.15. The van der Waals surface area contributed by atoms with Gasteiger partial charge in [0.15, 0.2) is 6.61 Å². The standard InChI is InChI=1S/C21H27N3O5S/c1-14(2)18-11-6-15(3)12-19(18)29-13-20(25)22-23-21(26)16-7-9-17(10-8-16)30(27,28)24(4)5/h6-12,14H,13H2,1-5H3,(H,22,25)(H,23,26). The number of carbonyl (C=O) groups is 2. The third-order valence-corrected chi connectivity index (χ3v) is 6.19. The van der Waals surface area contributed by atoms with Gasteiger partial charge < -0.3 is 4.74 Å². The summed E-state index contributed by atoms with van der Waals surface area (Å²) in [5.74, 6) is -0.228. The van der Waals surface area contributed by atoms with Gasteiger partial charge in [0.05, 0.1) is 4.90 Å². The van der Waals surface area contributed by atoms with Gasteiger partial charge in [-0.05, 0) is 54.3 Å². The van der Waals surface area contributed by atoms with Crippen LogP contribution in [0.5, 0.6) is 5.75 Å². The van der Waals surface area contributed by atoms with Crippen LogP contribution in [0, 0.1) is 6.92 Å². The molecule has 0 unspecified atom stereocenters. The van der Waals surface area contributed by atoms with Crippen LogP contribution >= 0.6 is 0 Å². The van der Waals surface area contributed by atoms with Gasteiger partial charge in [0.1, 0.15) is 5.75 Å². The molecule has 0 saturated heterocycles. The first kappa shape index (κ1) is 23.4. The Bertz CT molecular complexity index is 1020. The second-order valence-electron chi connectivity index (χ2n) is 7.30. The maximum absolute atomic E-state index is 12.2. The van der Waals surface area contributed by atoms with Crippen LogP contribution in [-0.2, 0) is 14.8 Å². The number of benzene rings is 2. The number of aryl methyl sites for hydroxylation is 1. The van der Waals surface area contributed by atoms with E-state index in [1.165, 1.54) is 38.4 Å². The number of hydrogen-bond acceptors (Lipinski definition) is 5. The molecule has 2 amide bonds. The van der Waals surface area contributed by atoms with Gasteiger partial charge in [-0.1, -0.05) is 26.0 Å². The zero-order valence-corrected chi connectivity index (χ0v) is 18.5. The van der Waals surface area contributed by atoms with Crippen molar-refractivity contribution in [1.82, 2.24) is 15.2 Å². The highest BCUT2D eigenvalue weighted by Crippen LogP contribution is 2.27. The maximum Gasteiger partial charge on any atom is 0.276 e. The van der Waals surface area contributed by atoms with Crippen LogP contribution < -0.4 is 15.6 Å². The van der Waals surface area contributed by atoms with Crippen molar-refractivity contribution < 1.29 is 22.7 Å². The average Bonchev–Trinajstić information content (AvgIpc) is 2.70. The smallest absolute Gasteiger partial charge is 0.276 e. The molecule has 9 heteroatoms. The predicted molar refractivity (Wildman–Crippen MR) is 114 cm³/mol. The normalized spacial score (nSPS) is 11.4. The first-order valence-electron chi connectivity index (χ1n) is 9.37. The predicted octanol–water partition coefficient (Wildman–Crippen LogP) is 2.21. The Morgan fingerprint density at radius 1 is 1.03 bits per heavy atom. The second kappa shape index (κ2) is 9.73. The molecule has 0 atom stereocenters. The number of hydrazine groups is 1. The molecular weight excluding hydrogens is 406 g/mol. The van der Waals surface area contributed by atoms with Gasteiger partial charge in [-0.15, -0.1) is 0 Å². The van der Waals surface area contributed by atoms with E-state index < -0.39 is 21.8 Å². The number of nitrogens with zero attached hydrogens (tertiary/aromatic N) is 1. The zero-order chi connectivity index (χ0) is 22.5. The van der Waals surface area contributed by atoms with Crippen molar-refractivity contribution in [2.24, 2.45) is 0 Å². The van der Waals surface area contributed by atoms with Crippen LogP contribution in [0.2, 0.25) is 0 Å². The van der Waals surface area contributed by atoms with Gasteiger partial charge in [0.25, 0.3) is 11.8 Å². The van der Waals surface area contributed by atoms with E-state index in [0.717, 1.165) is 15.4 Å². The van der Waals surface area contributed by atoms with Crippen molar-refractivity contribution in [2.45, 2.75) is 31.6 Å². The number of nitrogens with one attached hydrogen (secondary N) is 2. The molecule has 2 aromatic carbocycles. The molecule has 2 N–H and O–H groups in total. The molecule has 0 aliphatic carbocycles. The van der Waals surface area contributed by atoms with Crippen LogP contribution in [0.3, 0.4) is 0 Å². The molecule has 0 aromatic heterocycles. The van der Waals surface area contributed by atoms with Crippen LogP contribution in [0.15, 0.2) is 47.4 Å². The summed E-state index contributed by atoms with van der Waals surface area (Å²) in [6, 6.07) is 11.2. The minimum absolute atomic E-state index is 0.0700. The van der Waals surface area contributed by atoms with E-state index in [-0.39, 0.29) is 23.0 Å². The fourth-order valence-electron chi connectivity index (χ4n) is 2.61. The zero-order valence-electron chi connectivity index (χ0n) is 17.7. The van der Waals surface area contributed by atoms with Crippen LogP contribution in [0.4, 0.5) is 0 Å². The van der Waals surface area contributed by atoms with E-state index in [1.54, 1.807) is 0 Å². The highest BCUT2D eigenvalue weighted by Gasteiger charge is 2.18. The Morgan fingerprint density at radius 3 is 2.23 bits per heavy atom. The molecule has 0 heterocycles. The summed E-state index contributed by atoms with van der Waals surface area (Å²) < 4.78 is 30.8. The highest BCUT2D eigenvalue weighted by atomic mass is 32.2. The number of sulfonamides is 1. The first-order chi connectivity index (χ1) is 14.0.